The summed E-state index contributed by atoms with van der Waals surface area (Å²) in [5.41, 5.74) is 16.0. The van der Waals surface area contributed by atoms with Gasteiger partial charge in [-0.15, -0.1) is 0 Å². The van der Waals surface area contributed by atoms with Crippen molar-refractivity contribution < 1.29 is 0 Å². The van der Waals surface area contributed by atoms with Crippen molar-refractivity contribution in [2.75, 3.05) is 20.0 Å². The SMILES string of the molecule is C1=CCCC=C1.C=C/C=C\C(=C/C)N(c1ccc(N(c2ccc(Nc3cccc(C)c3)cc2)c2ccc(N(/C(C=C)=C/C(=C)C)c3ccccc3)cc2)cc1)c1cc(C)cc(C)c1. The van der Waals surface area contributed by atoms with E-state index in [-0.39, 0.29) is 0 Å². The van der Waals surface area contributed by atoms with Crippen LogP contribution in [0.5, 0.6) is 0 Å². The molecule has 1 aliphatic rings. The van der Waals surface area contributed by atoms with Gasteiger partial charge in [0.15, 0.2) is 0 Å². The lowest BCUT2D eigenvalue weighted by atomic mass is 10.1. The van der Waals surface area contributed by atoms with E-state index in [0.717, 1.165) is 68.2 Å². The molecule has 4 heteroatoms. The number of hydrogen-bond acceptors (Lipinski definition) is 4. The van der Waals surface area contributed by atoms with Gasteiger partial charge in [0, 0.05) is 62.6 Å². The summed E-state index contributed by atoms with van der Waals surface area (Å²) in [6, 6.07) is 51.5. The van der Waals surface area contributed by atoms with Crippen LogP contribution in [0.25, 0.3) is 0 Å². The Morgan fingerprint density at radius 1 is 0.540 bits per heavy atom. The van der Waals surface area contributed by atoms with E-state index in [9.17, 15) is 0 Å². The van der Waals surface area contributed by atoms with E-state index < -0.39 is 0 Å². The van der Waals surface area contributed by atoms with Crippen molar-refractivity contribution in [1.29, 1.82) is 0 Å². The summed E-state index contributed by atoms with van der Waals surface area (Å²) in [4.78, 5) is 6.80. The molecule has 0 heterocycles. The summed E-state index contributed by atoms with van der Waals surface area (Å²) in [6.45, 7) is 22.7. The Morgan fingerprint density at radius 2 is 1.06 bits per heavy atom. The van der Waals surface area contributed by atoms with Crippen LogP contribution in [0.4, 0.5) is 51.2 Å². The van der Waals surface area contributed by atoms with Crippen LogP contribution in [0.1, 0.15) is 43.4 Å². The first-order valence-electron chi connectivity index (χ1n) is 21.6. The molecule has 0 aromatic heterocycles. The molecule has 6 aromatic rings. The fourth-order valence-electron chi connectivity index (χ4n) is 7.56. The summed E-state index contributed by atoms with van der Waals surface area (Å²) in [5.74, 6) is 0. The van der Waals surface area contributed by atoms with Crippen molar-refractivity contribution in [3.63, 3.8) is 0 Å². The standard InChI is InChI=1S/C53H52N4.C6H8/c1-9-12-19-45(10-2)55(53-37-41(7)35-42(8)38-53)49-26-30-51(31-27-49)57(48-24-22-43(23-25-48)54-44-18-16-17-40(6)36-44)52-32-28-50(29-33-52)56(46(11-3)34-39(4)5)47-20-14-13-15-21-47;1-2-4-6-5-3-1/h9-38,54H,1,3-4H2,2,5-8H3;1-4H,5-6H2/b19-12-,45-10+,46-34+;. The van der Waals surface area contributed by atoms with E-state index in [1.54, 1.807) is 0 Å². The second kappa shape index (κ2) is 22.3. The van der Waals surface area contributed by atoms with Crippen molar-refractivity contribution in [2.24, 2.45) is 0 Å². The maximum Gasteiger partial charge on any atom is 0.0466 e. The van der Waals surface area contributed by atoms with Crippen LogP contribution in [-0.4, -0.2) is 0 Å². The highest BCUT2D eigenvalue weighted by atomic mass is 15.2. The normalized spacial score (nSPS) is 12.3. The van der Waals surface area contributed by atoms with E-state index in [2.05, 4.69) is 250 Å². The van der Waals surface area contributed by atoms with Crippen molar-refractivity contribution >= 4 is 51.2 Å². The first-order valence-corrected chi connectivity index (χ1v) is 21.6. The molecule has 0 atom stereocenters. The molecule has 0 fully saturated rings. The lowest BCUT2D eigenvalue weighted by Gasteiger charge is -2.30. The summed E-state index contributed by atoms with van der Waals surface area (Å²) in [6.07, 6.45) is 23.0. The molecule has 0 bridgehead atoms. The van der Waals surface area contributed by atoms with Crippen molar-refractivity contribution in [1.82, 2.24) is 0 Å². The molecule has 6 aromatic carbocycles. The van der Waals surface area contributed by atoms with E-state index in [1.807, 2.05) is 31.2 Å². The Kier molecular flexibility index (Phi) is 15.9. The van der Waals surface area contributed by atoms with Gasteiger partial charge in [-0.2, -0.15) is 0 Å². The molecule has 0 spiro atoms. The monoisotopic (exact) mass is 824 g/mol. The van der Waals surface area contributed by atoms with Crippen LogP contribution in [0.2, 0.25) is 0 Å². The van der Waals surface area contributed by atoms with Crippen LogP contribution < -0.4 is 20.0 Å². The molecule has 1 aliphatic carbocycles. The molecule has 316 valence electrons. The van der Waals surface area contributed by atoms with E-state index >= 15 is 0 Å². The Balaban J connectivity index is 0.00000101. The zero-order valence-electron chi connectivity index (χ0n) is 37.5. The van der Waals surface area contributed by atoms with Gasteiger partial charge in [0.2, 0.25) is 0 Å². The van der Waals surface area contributed by atoms with Gasteiger partial charge in [-0.05, 0) is 192 Å². The summed E-state index contributed by atoms with van der Waals surface area (Å²) >= 11 is 0. The highest BCUT2D eigenvalue weighted by Gasteiger charge is 2.19. The molecular weight excluding hydrogens is 765 g/mol. The molecule has 4 nitrogen and oxygen atoms in total. The predicted octanol–water partition coefficient (Wildman–Crippen LogP) is 17.3. The average molecular weight is 825 g/mol. The molecule has 7 rings (SSSR count). The smallest absolute Gasteiger partial charge is 0.0466 e. The fraction of sp³-hybridized carbons (Fsp3) is 0.119. The molecule has 0 saturated carbocycles. The topological polar surface area (TPSA) is 21.8 Å². The fourth-order valence-corrected chi connectivity index (χ4v) is 7.56. The molecule has 0 unspecified atom stereocenters. The predicted molar refractivity (Wildman–Crippen MR) is 276 cm³/mol. The molecule has 1 N–H and O–H groups in total. The van der Waals surface area contributed by atoms with E-state index in [4.69, 9.17) is 0 Å². The molecule has 0 saturated heterocycles. The summed E-state index contributed by atoms with van der Waals surface area (Å²) in [7, 11) is 0. The summed E-state index contributed by atoms with van der Waals surface area (Å²) < 4.78 is 0. The number of rotatable bonds is 15. The minimum atomic E-state index is 0.947. The number of para-hydroxylation sites is 1. The molecule has 0 radical (unpaired) electrons. The van der Waals surface area contributed by atoms with Crippen LogP contribution >= 0.6 is 0 Å². The van der Waals surface area contributed by atoms with Gasteiger partial charge >= 0.3 is 0 Å². The third-order valence-electron chi connectivity index (χ3n) is 10.3. The Hall–Kier alpha value is -7.56. The highest BCUT2D eigenvalue weighted by Crippen LogP contribution is 2.40. The van der Waals surface area contributed by atoms with Gasteiger partial charge in [-0.1, -0.05) is 104 Å². The first kappa shape index (κ1) is 45.0. The average Bonchev–Trinajstić information content (AvgIpc) is 3.30. The number of hydrogen-bond donors (Lipinski definition) is 1. The number of benzene rings is 6. The Morgan fingerprint density at radius 3 is 1.54 bits per heavy atom. The Bertz CT molecular complexity index is 2590. The number of nitrogens with one attached hydrogen (secondary N) is 1. The third-order valence-corrected chi connectivity index (χ3v) is 10.3. The van der Waals surface area contributed by atoms with Crippen LogP contribution in [0.3, 0.4) is 0 Å². The van der Waals surface area contributed by atoms with E-state index in [1.165, 1.54) is 29.5 Å². The molecule has 0 amide bonds. The summed E-state index contributed by atoms with van der Waals surface area (Å²) in [5, 5.41) is 3.56. The van der Waals surface area contributed by atoms with Gasteiger partial charge in [-0.25, -0.2) is 0 Å². The second-order valence-electron chi connectivity index (χ2n) is 15.6. The maximum absolute atomic E-state index is 4.15. The van der Waals surface area contributed by atoms with Gasteiger partial charge < -0.3 is 20.0 Å². The molecule has 63 heavy (non-hydrogen) atoms. The Labute approximate surface area is 376 Å². The van der Waals surface area contributed by atoms with Crippen LogP contribution in [0.15, 0.2) is 243 Å². The third kappa shape index (κ3) is 12.3. The van der Waals surface area contributed by atoms with Crippen molar-refractivity contribution in [3.05, 3.63) is 260 Å². The number of nitrogens with zero attached hydrogens (tertiary/aromatic N) is 3. The number of anilines is 9. The van der Waals surface area contributed by atoms with Crippen LogP contribution in [-0.2, 0) is 0 Å². The largest absolute Gasteiger partial charge is 0.356 e. The second-order valence-corrected chi connectivity index (χ2v) is 15.6. The van der Waals surface area contributed by atoms with Gasteiger partial charge in [-0.3, -0.25) is 0 Å². The number of allylic oxidation sites excluding steroid dienone is 11. The molecule has 0 aliphatic heterocycles. The minimum Gasteiger partial charge on any atom is -0.356 e. The van der Waals surface area contributed by atoms with E-state index in [0.29, 0.717) is 0 Å². The lowest BCUT2D eigenvalue weighted by Crippen LogP contribution is -2.16. The lowest BCUT2D eigenvalue weighted by molar-refractivity contribution is 1.04. The molecular formula is C59H60N4. The number of aryl methyl sites for hydroxylation is 3. The van der Waals surface area contributed by atoms with Gasteiger partial charge in [0.1, 0.15) is 0 Å². The minimum absolute atomic E-state index is 0.947. The van der Waals surface area contributed by atoms with Crippen LogP contribution in [0, 0.1) is 20.8 Å². The van der Waals surface area contributed by atoms with Gasteiger partial charge in [0.05, 0.1) is 0 Å². The highest BCUT2D eigenvalue weighted by molar-refractivity contribution is 5.82. The first-order chi connectivity index (χ1) is 30.7. The van der Waals surface area contributed by atoms with Crippen molar-refractivity contribution in [2.45, 2.75) is 47.5 Å². The maximum atomic E-state index is 4.15. The van der Waals surface area contributed by atoms with Crippen molar-refractivity contribution in [3.8, 4) is 0 Å². The quantitative estimate of drug-likeness (QED) is 0.104. The van der Waals surface area contributed by atoms with Gasteiger partial charge in [0.25, 0.3) is 0 Å². The zero-order valence-corrected chi connectivity index (χ0v) is 37.5. The zero-order chi connectivity index (χ0) is 44.6.